The van der Waals surface area contributed by atoms with E-state index < -0.39 is 6.10 Å². The van der Waals surface area contributed by atoms with Crippen molar-refractivity contribution in [3.8, 4) is 0 Å². The highest BCUT2D eigenvalue weighted by Crippen LogP contribution is 2.12. The molecule has 0 aliphatic carbocycles. The van der Waals surface area contributed by atoms with Crippen molar-refractivity contribution in [1.82, 2.24) is 19.6 Å². The van der Waals surface area contributed by atoms with Crippen LogP contribution in [0.4, 0.5) is 0 Å². The first-order valence-corrected chi connectivity index (χ1v) is 8.89. The van der Waals surface area contributed by atoms with E-state index in [1.165, 1.54) is 4.90 Å². The quantitative estimate of drug-likeness (QED) is 0.859. The van der Waals surface area contributed by atoms with Gasteiger partial charge >= 0.3 is 0 Å². The van der Waals surface area contributed by atoms with E-state index in [4.69, 9.17) is 0 Å². The van der Waals surface area contributed by atoms with E-state index >= 15 is 0 Å². The van der Waals surface area contributed by atoms with Crippen LogP contribution in [0.5, 0.6) is 0 Å². The zero-order valence-corrected chi connectivity index (χ0v) is 14.9. The Morgan fingerprint density at radius 1 is 1.23 bits per heavy atom. The van der Waals surface area contributed by atoms with E-state index in [2.05, 4.69) is 5.10 Å². The molecule has 1 atom stereocenters. The van der Waals surface area contributed by atoms with Gasteiger partial charge in [0.1, 0.15) is 12.2 Å². The third kappa shape index (κ3) is 4.11. The summed E-state index contributed by atoms with van der Waals surface area (Å²) in [6.07, 6.45) is 1.52. The number of carbonyl (C=O) groups excluding carboxylic acids is 2. The van der Waals surface area contributed by atoms with E-state index in [0.717, 1.165) is 12.0 Å². The standard InChI is InChI=1S/C19H24N4O3/c1-2-23-17(8-10-20-23)19(26)22-13-16(24)12-21(18(25)14-22)11-9-15-6-4-3-5-7-15/h3-8,10,16,24H,2,9,11-14H2,1H3. The van der Waals surface area contributed by atoms with Gasteiger partial charge in [0, 0.05) is 32.4 Å². The van der Waals surface area contributed by atoms with Crippen LogP contribution in [0.3, 0.4) is 0 Å². The summed E-state index contributed by atoms with van der Waals surface area (Å²) in [6, 6.07) is 11.5. The number of aliphatic hydroxyl groups excluding tert-OH is 1. The first-order valence-electron chi connectivity index (χ1n) is 8.89. The second-order valence-corrected chi connectivity index (χ2v) is 6.45. The zero-order valence-electron chi connectivity index (χ0n) is 14.9. The summed E-state index contributed by atoms with van der Waals surface area (Å²) in [5.74, 6) is -0.421. The monoisotopic (exact) mass is 356 g/mol. The van der Waals surface area contributed by atoms with Crippen molar-refractivity contribution >= 4 is 11.8 Å². The van der Waals surface area contributed by atoms with Crippen molar-refractivity contribution in [2.75, 3.05) is 26.2 Å². The third-order valence-electron chi connectivity index (χ3n) is 4.58. The van der Waals surface area contributed by atoms with E-state index in [1.54, 1.807) is 21.8 Å². The average molecular weight is 356 g/mol. The number of hydrogen-bond donors (Lipinski definition) is 1. The normalized spacial score (nSPS) is 18.1. The van der Waals surface area contributed by atoms with Crippen LogP contribution in [0.1, 0.15) is 23.0 Å². The number of nitrogens with zero attached hydrogens (tertiary/aromatic N) is 4. The number of aliphatic hydroxyl groups is 1. The highest BCUT2D eigenvalue weighted by atomic mass is 16.3. The van der Waals surface area contributed by atoms with Gasteiger partial charge in [0.25, 0.3) is 5.91 Å². The van der Waals surface area contributed by atoms with Crippen molar-refractivity contribution in [2.45, 2.75) is 26.0 Å². The van der Waals surface area contributed by atoms with E-state index in [1.807, 2.05) is 37.3 Å². The number of carbonyl (C=O) groups is 2. The molecule has 1 saturated heterocycles. The number of aryl methyl sites for hydroxylation is 1. The Morgan fingerprint density at radius 2 is 2.00 bits per heavy atom. The molecular formula is C19H24N4O3. The highest BCUT2D eigenvalue weighted by molar-refractivity contribution is 5.95. The molecule has 26 heavy (non-hydrogen) atoms. The summed E-state index contributed by atoms with van der Waals surface area (Å²) in [7, 11) is 0. The molecule has 2 heterocycles. The molecule has 3 rings (SSSR count). The first-order chi connectivity index (χ1) is 12.6. The summed E-state index contributed by atoms with van der Waals surface area (Å²) in [4.78, 5) is 28.4. The summed E-state index contributed by atoms with van der Waals surface area (Å²) >= 11 is 0. The Kier molecular flexibility index (Phi) is 5.68. The molecular weight excluding hydrogens is 332 g/mol. The van der Waals surface area contributed by atoms with E-state index in [9.17, 15) is 14.7 Å². The number of amides is 2. The first kappa shape index (κ1) is 18.1. The van der Waals surface area contributed by atoms with Gasteiger partial charge < -0.3 is 14.9 Å². The van der Waals surface area contributed by atoms with Gasteiger partial charge in [-0.1, -0.05) is 30.3 Å². The van der Waals surface area contributed by atoms with Crippen molar-refractivity contribution in [3.63, 3.8) is 0 Å². The number of rotatable bonds is 5. The molecule has 2 amide bonds. The van der Waals surface area contributed by atoms with Crippen LogP contribution in [0.25, 0.3) is 0 Å². The van der Waals surface area contributed by atoms with Crippen LogP contribution >= 0.6 is 0 Å². The van der Waals surface area contributed by atoms with Gasteiger partial charge in [0.05, 0.1) is 6.10 Å². The summed E-state index contributed by atoms with van der Waals surface area (Å²) in [5, 5.41) is 14.4. The van der Waals surface area contributed by atoms with Crippen molar-refractivity contribution < 1.29 is 14.7 Å². The summed E-state index contributed by atoms with van der Waals surface area (Å²) < 4.78 is 1.59. The molecule has 7 heteroatoms. The van der Waals surface area contributed by atoms with Crippen LogP contribution in [0, 0.1) is 0 Å². The Labute approximate surface area is 152 Å². The second-order valence-electron chi connectivity index (χ2n) is 6.45. The summed E-state index contributed by atoms with van der Waals surface area (Å²) in [6.45, 7) is 3.34. The smallest absolute Gasteiger partial charge is 0.272 e. The minimum absolute atomic E-state index is 0.0282. The minimum Gasteiger partial charge on any atom is -0.389 e. The molecule has 2 aromatic rings. The van der Waals surface area contributed by atoms with Crippen LogP contribution in [0.15, 0.2) is 42.6 Å². The van der Waals surface area contributed by atoms with Gasteiger partial charge in [-0.15, -0.1) is 0 Å². The molecule has 0 radical (unpaired) electrons. The maximum Gasteiger partial charge on any atom is 0.272 e. The Hall–Kier alpha value is -2.67. The van der Waals surface area contributed by atoms with E-state index in [-0.39, 0.29) is 31.4 Å². The lowest BCUT2D eigenvalue weighted by Gasteiger charge is -2.22. The molecule has 0 bridgehead atoms. The molecule has 1 aromatic heterocycles. The van der Waals surface area contributed by atoms with Gasteiger partial charge in [-0.25, -0.2) is 0 Å². The van der Waals surface area contributed by atoms with Crippen LogP contribution in [-0.2, 0) is 17.8 Å². The Morgan fingerprint density at radius 3 is 2.73 bits per heavy atom. The van der Waals surface area contributed by atoms with Crippen molar-refractivity contribution in [2.24, 2.45) is 0 Å². The fourth-order valence-corrected chi connectivity index (χ4v) is 3.20. The minimum atomic E-state index is -0.765. The van der Waals surface area contributed by atoms with Crippen LogP contribution in [-0.4, -0.2) is 68.8 Å². The van der Waals surface area contributed by atoms with Crippen LogP contribution in [0.2, 0.25) is 0 Å². The molecule has 1 unspecified atom stereocenters. The molecule has 1 N–H and O–H groups in total. The SMILES string of the molecule is CCn1nccc1C(=O)N1CC(=O)N(CCc2ccccc2)CC(O)C1. The molecule has 1 fully saturated rings. The zero-order chi connectivity index (χ0) is 18.5. The fourth-order valence-electron chi connectivity index (χ4n) is 3.20. The fraction of sp³-hybridized carbons (Fsp3) is 0.421. The van der Waals surface area contributed by atoms with Crippen molar-refractivity contribution in [1.29, 1.82) is 0 Å². The molecule has 0 spiro atoms. The number of hydrogen-bond acceptors (Lipinski definition) is 4. The molecule has 138 valence electrons. The topological polar surface area (TPSA) is 78.7 Å². The van der Waals surface area contributed by atoms with Gasteiger partial charge in [0.15, 0.2) is 0 Å². The third-order valence-corrected chi connectivity index (χ3v) is 4.58. The largest absolute Gasteiger partial charge is 0.389 e. The van der Waals surface area contributed by atoms with Crippen LogP contribution < -0.4 is 0 Å². The second kappa shape index (κ2) is 8.14. The van der Waals surface area contributed by atoms with E-state index in [0.29, 0.717) is 18.8 Å². The molecule has 1 aliphatic heterocycles. The molecule has 1 aromatic carbocycles. The lowest BCUT2D eigenvalue weighted by atomic mass is 10.1. The van der Waals surface area contributed by atoms with Gasteiger partial charge in [-0.2, -0.15) is 5.10 Å². The van der Waals surface area contributed by atoms with Gasteiger partial charge in [-0.05, 0) is 25.0 Å². The summed E-state index contributed by atoms with van der Waals surface area (Å²) in [5.41, 5.74) is 1.57. The number of aromatic nitrogens is 2. The Bertz CT molecular complexity index is 759. The predicted molar refractivity (Wildman–Crippen MR) is 96.5 cm³/mol. The lowest BCUT2D eigenvalue weighted by molar-refractivity contribution is -0.131. The average Bonchev–Trinajstić information content (AvgIpc) is 3.07. The van der Waals surface area contributed by atoms with Gasteiger partial charge in [-0.3, -0.25) is 14.3 Å². The number of benzene rings is 1. The molecule has 7 nitrogen and oxygen atoms in total. The number of β-amino-alcohol motifs (C(OH)–C–C–N with tert-alkyl or cyclic N) is 1. The predicted octanol–water partition coefficient (Wildman–Crippen LogP) is 0.791. The molecule has 0 saturated carbocycles. The lowest BCUT2D eigenvalue weighted by Crippen LogP contribution is -2.40. The van der Waals surface area contributed by atoms with Crippen molar-refractivity contribution in [3.05, 3.63) is 53.9 Å². The van der Waals surface area contributed by atoms with Gasteiger partial charge in [0.2, 0.25) is 5.91 Å². The maximum atomic E-state index is 12.8. The molecule has 1 aliphatic rings. The highest BCUT2D eigenvalue weighted by Gasteiger charge is 2.30. The maximum absolute atomic E-state index is 12.8. The Balaban J connectivity index is 1.67.